The van der Waals surface area contributed by atoms with E-state index in [9.17, 15) is 9.59 Å². The van der Waals surface area contributed by atoms with Crippen LogP contribution in [0.15, 0.2) is 18.2 Å². The standard InChI is InChI=1S/C18H22O3/c1-11(18(20)21-2)17(13-4-5-13)14-6-3-12-7-8-16(19)10-15(12)9-14/h3,6,9,11,13,17H,4-5,7-8,10H2,1-2H3. The summed E-state index contributed by atoms with van der Waals surface area (Å²) < 4.78 is 4.93. The lowest BCUT2D eigenvalue weighted by molar-refractivity contribution is -0.145. The molecule has 1 aromatic rings. The van der Waals surface area contributed by atoms with Crippen LogP contribution in [-0.4, -0.2) is 18.9 Å². The van der Waals surface area contributed by atoms with Gasteiger partial charge in [0.2, 0.25) is 0 Å². The second kappa shape index (κ2) is 5.63. The Balaban J connectivity index is 1.91. The first-order valence-electron chi connectivity index (χ1n) is 7.81. The zero-order chi connectivity index (χ0) is 15.0. The van der Waals surface area contributed by atoms with Crippen LogP contribution < -0.4 is 0 Å². The SMILES string of the molecule is COC(=O)C(C)C(c1ccc2c(c1)CC(=O)CC2)C1CC1. The van der Waals surface area contributed by atoms with Gasteiger partial charge in [0.25, 0.3) is 0 Å². The molecule has 2 aliphatic rings. The third-order valence-corrected chi connectivity index (χ3v) is 4.92. The number of carbonyl (C=O) groups excluding carboxylic acids is 2. The molecule has 0 aliphatic heterocycles. The molecule has 0 amide bonds. The molecule has 0 radical (unpaired) electrons. The highest BCUT2D eigenvalue weighted by Crippen LogP contribution is 2.47. The number of benzene rings is 1. The van der Waals surface area contributed by atoms with E-state index in [2.05, 4.69) is 18.2 Å². The number of aryl methyl sites for hydroxylation is 1. The molecule has 1 saturated carbocycles. The van der Waals surface area contributed by atoms with Gasteiger partial charge in [0.05, 0.1) is 13.0 Å². The van der Waals surface area contributed by atoms with Gasteiger partial charge >= 0.3 is 5.97 Å². The minimum atomic E-state index is -0.138. The highest BCUT2D eigenvalue weighted by atomic mass is 16.5. The Morgan fingerprint density at radius 2 is 2.00 bits per heavy atom. The molecule has 0 aromatic heterocycles. The molecule has 3 rings (SSSR count). The van der Waals surface area contributed by atoms with E-state index in [0.717, 1.165) is 12.0 Å². The number of Topliss-reactive ketones (excluding diaryl/α,β-unsaturated/α-hetero) is 1. The highest BCUT2D eigenvalue weighted by Gasteiger charge is 2.39. The van der Waals surface area contributed by atoms with E-state index in [1.807, 2.05) is 6.92 Å². The molecule has 1 fully saturated rings. The van der Waals surface area contributed by atoms with Crippen molar-refractivity contribution in [2.45, 2.75) is 44.9 Å². The summed E-state index contributed by atoms with van der Waals surface area (Å²) in [6.45, 7) is 1.96. The van der Waals surface area contributed by atoms with Crippen LogP contribution in [0.2, 0.25) is 0 Å². The predicted octanol–water partition coefficient (Wildman–Crippen LogP) is 3.05. The number of ketones is 1. The number of rotatable bonds is 4. The van der Waals surface area contributed by atoms with Gasteiger partial charge in [0.15, 0.2) is 0 Å². The molecule has 1 aromatic carbocycles. The Labute approximate surface area is 125 Å². The van der Waals surface area contributed by atoms with Gasteiger partial charge in [-0.1, -0.05) is 25.1 Å². The van der Waals surface area contributed by atoms with Crippen molar-refractivity contribution in [3.05, 3.63) is 34.9 Å². The fraction of sp³-hybridized carbons (Fsp3) is 0.556. The van der Waals surface area contributed by atoms with E-state index in [4.69, 9.17) is 4.74 Å². The van der Waals surface area contributed by atoms with Crippen LogP contribution >= 0.6 is 0 Å². The molecule has 2 aliphatic carbocycles. The molecule has 2 unspecified atom stereocenters. The maximum atomic E-state index is 11.9. The zero-order valence-electron chi connectivity index (χ0n) is 12.7. The maximum absolute atomic E-state index is 11.9. The van der Waals surface area contributed by atoms with Gasteiger partial charge in [-0.3, -0.25) is 9.59 Å². The van der Waals surface area contributed by atoms with Crippen molar-refractivity contribution < 1.29 is 14.3 Å². The van der Waals surface area contributed by atoms with Crippen molar-refractivity contribution in [2.75, 3.05) is 7.11 Å². The summed E-state index contributed by atoms with van der Waals surface area (Å²) in [4.78, 5) is 23.6. The van der Waals surface area contributed by atoms with Gasteiger partial charge in [-0.15, -0.1) is 0 Å². The molecule has 3 heteroatoms. The number of ether oxygens (including phenoxy) is 1. The van der Waals surface area contributed by atoms with E-state index in [1.165, 1.54) is 31.1 Å². The minimum Gasteiger partial charge on any atom is -0.469 e. The predicted molar refractivity (Wildman–Crippen MR) is 80.1 cm³/mol. The van der Waals surface area contributed by atoms with Crippen molar-refractivity contribution in [3.63, 3.8) is 0 Å². The number of hydrogen-bond acceptors (Lipinski definition) is 3. The topological polar surface area (TPSA) is 43.4 Å². The average Bonchev–Trinajstić information content (AvgIpc) is 3.30. The molecule has 0 bridgehead atoms. The van der Waals surface area contributed by atoms with Gasteiger partial charge < -0.3 is 4.74 Å². The highest BCUT2D eigenvalue weighted by molar-refractivity contribution is 5.83. The third-order valence-electron chi connectivity index (χ3n) is 4.92. The molecule has 2 atom stereocenters. The molecule has 21 heavy (non-hydrogen) atoms. The normalized spacial score (nSPS) is 20.6. The van der Waals surface area contributed by atoms with E-state index in [1.54, 1.807) is 0 Å². The van der Waals surface area contributed by atoms with Crippen LogP contribution in [-0.2, 0) is 27.2 Å². The molecule has 3 nitrogen and oxygen atoms in total. The van der Waals surface area contributed by atoms with Gasteiger partial charge in [-0.05, 0) is 47.8 Å². The van der Waals surface area contributed by atoms with Gasteiger partial charge in [0, 0.05) is 12.8 Å². The number of hydrogen-bond donors (Lipinski definition) is 0. The third kappa shape index (κ3) is 2.87. The Hall–Kier alpha value is -1.64. The van der Waals surface area contributed by atoms with Crippen molar-refractivity contribution in [1.82, 2.24) is 0 Å². The minimum absolute atomic E-state index is 0.125. The Morgan fingerprint density at radius 3 is 2.67 bits per heavy atom. The van der Waals surface area contributed by atoms with E-state index in [-0.39, 0.29) is 17.8 Å². The maximum Gasteiger partial charge on any atom is 0.309 e. The summed E-state index contributed by atoms with van der Waals surface area (Å²) >= 11 is 0. The number of methoxy groups -OCH3 is 1. The lowest BCUT2D eigenvalue weighted by Crippen LogP contribution is -2.23. The first-order chi connectivity index (χ1) is 10.1. The van der Waals surface area contributed by atoms with Crippen molar-refractivity contribution in [3.8, 4) is 0 Å². The van der Waals surface area contributed by atoms with Crippen LogP contribution in [0.3, 0.4) is 0 Å². The quantitative estimate of drug-likeness (QED) is 0.799. The van der Waals surface area contributed by atoms with Crippen LogP contribution in [0.1, 0.15) is 48.8 Å². The van der Waals surface area contributed by atoms with E-state index < -0.39 is 0 Å². The summed E-state index contributed by atoms with van der Waals surface area (Å²) in [6.07, 6.45) is 4.43. The van der Waals surface area contributed by atoms with Gasteiger partial charge in [-0.2, -0.15) is 0 Å². The molecule has 0 saturated heterocycles. The van der Waals surface area contributed by atoms with E-state index in [0.29, 0.717) is 24.5 Å². The Bertz CT molecular complexity index is 572. The lowest BCUT2D eigenvalue weighted by Gasteiger charge is -2.24. The summed E-state index contributed by atoms with van der Waals surface area (Å²) in [7, 11) is 1.45. The first-order valence-corrected chi connectivity index (χ1v) is 7.81. The molecular formula is C18H22O3. The summed E-state index contributed by atoms with van der Waals surface area (Å²) in [6, 6.07) is 6.46. The molecule has 0 spiro atoms. The van der Waals surface area contributed by atoms with Crippen LogP contribution in [0.5, 0.6) is 0 Å². The fourth-order valence-corrected chi connectivity index (χ4v) is 3.59. The monoisotopic (exact) mass is 286 g/mol. The molecule has 112 valence electrons. The van der Waals surface area contributed by atoms with Crippen molar-refractivity contribution in [2.24, 2.45) is 11.8 Å². The van der Waals surface area contributed by atoms with Crippen LogP contribution in [0, 0.1) is 11.8 Å². The van der Waals surface area contributed by atoms with Crippen LogP contribution in [0.4, 0.5) is 0 Å². The molecule has 0 N–H and O–H groups in total. The Kier molecular flexibility index (Phi) is 3.83. The number of carbonyl (C=O) groups is 2. The summed E-state index contributed by atoms with van der Waals surface area (Å²) in [5.41, 5.74) is 3.65. The molecule has 0 heterocycles. The zero-order valence-corrected chi connectivity index (χ0v) is 12.7. The smallest absolute Gasteiger partial charge is 0.309 e. The van der Waals surface area contributed by atoms with E-state index >= 15 is 0 Å². The van der Waals surface area contributed by atoms with Gasteiger partial charge in [-0.25, -0.2) is 0 Å². The fourth-order valence-electron chi connectivity index (χ4n) is 3.59. The summed E-state index contributed by atoms with van der Waals surface area (Å²) in [5.74, 6) is 0.861. The number of fused-ring (bicyclic) bond motifs is 1. The summed E-state index contributed by atoms with van der Waals surface area (Å²) in [5, 5.41) is 0. The number of esters is 1. The van der Waals surface area contributed by atoms with Crippen molar-refractivity contribution in [1.29, 1.82) is 0 Å². The Morgan fingerprint density at radius 1 is 1.24 bits per heavy atom. The van der Waals surface area contributed by atoms with Gasteiger partial charge in [0.1, 0.15) is 5.78 Å². The first kappa shape index (κ1) is 14.3. The van der Waals surface area contributed by atoms with Crippen molar-refractivity contribution >= 4 is 11.8 Å². The average molecular weight is 286 g/mol. The second-order valence-corrected chi connectivity index (χ2v) is 6.42. The molecular weight excluding hydrogens is 264 g/mol. The lowest BCUT2D eigenvalue weighted by atomic mass is 9.80. The largest absolute Gasteiger partial charge is 0.469 e. The second-order valence-electron chi connectivity index (χ2n) is 6.42. The van der Waals surface area contributed by atoms with Crippen LogP contribution in [0.25, 0.3) is 0 Å².